The molecule has 0 N–H and O–H groups in total. The zero-order valence-electron chi connectivity index (χ0n) is 28.7. The quantitative estimate of drug-likeness (QED) is 0.127. The molecule has 8 rings (SSSR count). The summed E-state index contributed by atoms with van der Waals surface area (Å²) in [7, 11) is -1.27. The first-order valence-electron chi connectivity index (χ1n) is 17.2. The minimum atomic E-state index is -1.27. The van der Waals surface area contributed by atoms with Gasteiger partial charge in [0.05, 0.1) is 8.07 Å². The van der Waals surface area contributed by atoms with E-state index < -0.39 is 8.07 Å². The van der Waals surface area contributed by atoms with Crippen molar-refractivity contribution in [2.24, 2.45) is 0 Å². The van der Waals surface area contributed by atoms with Crippen molar-refractivity contribution < 1.29 is 20.1 Å². The summed E-state index contributed by atoms with van der Waals surface area (Å²) < 4.78 is 2.63. The Morgan fingerprint density at radius 2 is 1.49 bits per heavy atom. The van der Waals surface area contributed by atoms with E-state index in [1.165, 1.54) is 79.7 Å². The van der Waals surface area contributed by atoms with Crippen LogP contribution in [0.25, 0.3) is 53.8 Å². The molecule has 249 valence electrons. The van der Waals surface area contributed by atoms with Crippen LogP contribution in [-0.4, -0.2) is 18.0 Å². The van der Waals surface area contributed by atoms with E-state index in [4.69, 9.17) is 4.98 Å². The van der Waals surface area contributed by atoms with Gasteiger partial charge in [-0.2, -0.15) is 11.3 Å². The van der Waals surface area contributed by atoms with Crippen molar-refractivity contribution in [3.63, 3.8) is 0 Å². The first kappa shape index (κ1) is 35.1. The molecule has 1 fully saturated rings. The van der Waals surface area contributed by atoms with E-state index in [1.54, 1.807) is 0 Å². The van der Waals surface area contributed by atoms with Gasteiger partial charge in [0.15, 0.2) is 0 Å². The molecule has 49 heavy (non-hydrogen) atoms. The van der Waals surface area contributed by atoms with Gasteiger partial charge >= 0.3 is 0 Å². The van der Waals surface area contributed by atoms with E-state index in [0.29, 0.717) is 5.92 Å². The van der Waals surface area contributed by atoms with Crippen LogP contribution in [0.1, 0.15) is 49.1 Å². The molecule has 0 unspecified atom stereocenters. The number of aromatic nitrogens is 2. The third-order valence-electron chi connectivity index (χ3n) is 9.56. The maximum Gasteiger partial charge on any atom is 0.0798 e. The Bertz CT molecular complexity index is 2160. The van der Waals surface area contributed by atoms with E-state index in [2.05, 4.69) is 135 Å². The molecule has 1 aliphatic rings. The summed E-state index contributed by atoms with van der Waals surface area (Å²) in [5, 5.41) is 4.06. The van der Waals surface area contributed by atoms with Gasteiger partial charge in [-0.05, 0) is 69.5 Å². The van der Waals surface area contributed by atoms with Gasteiger partial charge < -0.3 is 9.97 Å². The summed E-state index contributed by atoms with van der Waals surface area (Å²) in [5.74, 6) is 0.682. The zero-order valence-corrected chi connectivity index (χ0v) is 32.9. The zero-order chi connectivity index (χ0) is 33.1. The van der Waals surface area contributed by atoms with Crippen LogP contribution in [0.5, 0.6) is 0 Å². The normalized spacial score (nSPS) is 13.5. The van der Waals surface area contributed by atoms with Crippen molar-refractivity contribution in [3.05, 3.63) is 139 Å². The van der Waals surface area contributed by atoms with Crippen LogP contribution in [-0.2, 0) is 20.1 Å². The third-order valence-corrected chi connectivity index (χ3v) is 13.0. The van der Waals surface area contributed by atoms with Crippen molar-refractivity contribution in [2.75, 3.05) is 0 Å². The Morgan fingerprint density at radius 3 is 2.22 bits per heavy atom. The molecule has 0 atom stereocenters. The molecule has 2 nitrogen and oxygen atoms in total. The second-order valence-corrected chi connectivity index (χ2v) is 20.0. The fourth-order valence-corrected chi connectivity index (χ4v) is 10.2. The summed E-state index contributed by atoms with van der Waals surface area (Å²) in [6.07, 6.45) is 10.7. The molecule has 0 saturated heterocycles. The van der Waals surface area contributed by atoms with Crippen LogP contribution in [0, 0.1) is 19.1 Å². The number of hydrogen-bond acceptors (Lipinski definition) is 3. The van der Waals surface area contributed by atoms with Crippen LogP contribution in [0.15, 0.2) is 116 Å². The minimum Gasteiger partial charge on any atom is -0.305 e. The summed E-state index contributed by atoms with van der Waals surface area (Å²) >= 11 is 1.87. The number of pyridine rings is 2. The van der Waals surface area contributed by atoms with Crippen molar-refractivity contribution in [1.29, 1.82) is 0 Å². The Hall–Kier alpha value is -3.73. The monoisotopic (exact) mass is 851 g/mol. The molecule has 0 spiro atoms. The third kappa shape index (κ3) is 7.71. The van der Waals surface area contributed by atoms with Gasteiger partial charge in [-0.3, -0.25) is 0 Å². The molecule has 4 aromatic carbocycles. The minimum absolute atomic E-state index is 0. The maximum absolute atomic E-state index is 4.78. The Morgan fingerprint density at radius 1 is 0.714 bits per heavy atom. The average Bonchev–Trinajstić information content (AvgIpc) is 3.52. The van der Waals surface area contributed by atoms with Crippen LogP contribution < -0.4 is 5.19 Å². The van der Waals surface area contributed by atoms with Crippen molar-refractivity contribution in [3.8, 4) is 33.6 Å². The van der Waals surface area contributed by atoms with Gasteiger partial charge in [0.25, 0.3) is 0 Å². The van der Waals surface area contributed by atoms with E-state index in [0.717, 1.165) is 22.5 Å². The Kier molecular flexibility index (Phi) is 11.1. The molecule has 0 bridgehead atoms. The van der Waals surface area contributed by atoms with E-state index in [1.807, 2.05) is 35.7 Å². The number of aryl methyl sites for hydroxylation is 1. The number of hydrogen-bond donors (Lipinski definition) is 0. The molecule has 0 aliphatic heterocycles. The summed E-state index contributed by atoms with van der Waals surface area (Å²) in [6.45, 7) is 9.24. The van der Waals surface area contributed by atoms with E-state index in [9.17, 15) is 0 Å². The van der Waals surface area contributed by atoms with Gasteiger partial charge in [0, 0.05) is 37.2 Å². The average molecular weight is 851 g/mol. The van der Waals surface area contributed by atoms with Gasteiger partial charge in [-0.25, -0.2) is 0 Å². The number of nitrogens with zero attached hydrogens (tertiary/aromatic N) is 2. The van der Waals surface area contributed by atoms with Crippen LogP contribution in [0.4, 0.5) is 0 Å². The number of thiophene rings is 1. The van der Waals surface area contributed by atoms with Gasteiger partial charge in [0.1, 0.15) is 0 Å². The molecule has 5 heteroatoms. The van der Waals surface area contributed by atoms with Gasteiger partial charge in [-0.1, -0.05) is 116 Å². The molecule has 0 amide bonds. The van der Waals surface area contributed by atoms with Crippen LogP contribution in [0.2, 0.25) is 19.6 Å². The molecule has 3 aromatic heterocycles. The topological polar surface area (TPSA) is 25.8 Å². The van der Waals surface area contributed by atoms with Crippen LogP contribution in [0.3, 0.4) is 0 Å². The van der Waals surface area contributed by atoms with E-state index in [-0.39, 0.29) is 20.1 Å². The number of fused-ring (bicyclic) bond motifs is 3. The van der Waals surface area contributed by atoms with Crippen molar-refractivity contribution in [1.82, 2.24) is 9.97 Å². The summed E-state index contributed by atoms with van der Waals surface area (Å²) in [6, 6.07) is 43.1. The molecule has 3 heterocycles. The first-order valence-corrected chi connectivity index (χ1v) is 21.5. The SMILES string of the molecule is Cc1cc(-c2[c-]cccc2)ncc1[Si](C)(C)C.[Ir].[c-]1ccc2c(sc3c(-c4ccccc4)cccc32)c1-c1cc(C2CCCCC2)ccn1. The molecular weight excluding hydrogens is 809 g/mol. The Labute approximate surface area is 310 Å². The largest absolute Gasteiger partial charge is 0.305 e. The van der Waals surface area contributed by atoms with Gasteiger partial charge in [0.2, 0.25) is 0 Å². The number of rotatable bonds is 5. The summed E-state index contributed by atoms with van der Waals surface area (Å²) in [5.41, 5.74) is 9.64. The number of benzene rings is 4. The first-order chi connectivity index (χ1) is 23.4. The Balaban J connectivity index is 0.000000198. The second kappa shape index (κ2) is 15.4. The van der Waals surface area contributed by atoms with Crippen molar-refractivity contribution >= 4 is 44.8 Å². The second-order valence-electron chi connectivity index (χ2n) is 14.0. The molecule has 1 radical (unpaired) electrons. The van der Waals surface area contributed by atoms with Gasteiger partial charge in [-0.15, -0.1) is 59.7 Å². The molecule has 1 aliphatic carbocycles. The molecular formula is C44H42IrN2SSi-2. The van der Waals surface area contributed by atoms with E-state index >= 15 is 0 Å². The molecule has 1 saturated carbocycles. The smallest absolute Gasteiger partial charge is 0.0798 e. The van der Waals surface area contributed by atoms with Crippen molar-refractivity contribution in [2.45, 2.75) is 64.6 Å². The van der Waals surface area contributed by atoms with Crippen LogP contribution >= 0.6 is 11.3 Å². The molecule has 7 aromatic rings. The summed E-state index contributed by atoms with van der Waals surface area (Å²) in [4.78, 5) is 9.36. The predicted octanol–water partition coefficient (Wildman–Crippen LogP) is 12.0. The fourth-order valence-electron chi connectivity index (χ4n) is 7.11. The standard InChI is InChI=1S/C29H24NS.C15H18NSi.Ir/c1-3-9-20(10-4-1)22-17-18-30-27(19-22)26-16-8-15-25-24-14-7-13-23(28(24)31-29(25)26)21-11-5-2-6-12-21;1-12-10-14(13-8-6-5-7-9-13)16-11-15(12)17(2,3)4;/h2,5-8,11-15,17-20H,1,3-4,9-10H2;5-8,10-11H,1-4H3;/q2*-1;. The fraction of sp³-hybridized carbons (Fsp3) is 0.227. The maximum atomic E-state index is 4.78. The predicted molar refractivity (Wildman–Crippen MR) is 209 cm³/mol.